The van der Waals surface area contributed by atoms with Gasteiger partial charge in [-0.2, -0.15) is 5.26 Å². The highest BCUT2D eigenvalue weighted by molar-refractivity contribution is 6.00. The summed E-state index contributed by atoms with van der Waals surface area (Å²) >= 11 is 0. The van der Waals surface area contributed by atoms with Gasteiger partial charge >= 0.3 is 18.0 Å². The summed E-state index contributed by atoms with van der Waals surface area (Å²) in [7, 11) is 1.20. The largest absolute Gasteiger partial charge is 0.466 e. The van der Waals surface area contributed by atoms with E-state index >= 15 is 0 Å². The van der Waals surface area contributed by atoms with E-state index in [4.69, 9.17) is 4.74 Å². The fourth-order valence-electron chi connectivity index (χ4n) is 6.48. The van der Waals surface area contributed by atoms with Crippen molar-refractivity contribution in [3.05, 3.63) is 82.6 Å². The topological polar surface area (TPSA) is 115 Å². The zero-order valence-corrected chi connectivity index (χ0v) is 24.0. The number of ether oxygens (including phenoxy) is 1. The first-order valence-corrected chi connectivity index (χ1v) is 14.6. The van der Waals surface area contributed by atoms with Crippen LogP contribution in [0.2, 0.25) is 0 Å². The number of urea groups is 2. The van der Waals surface area contributed by atoms with Crippen LogP contribution in [-0.4, -0.2) is 66.7 Å². The Morgan fingerprint density at radius 1 is 1.09 bits per heavy atom. The fourth-order valence-corrected chi connectivity index (χ4v) is 6.48. The van der Waals surface area contributed by atoms with Crippen molar-refractivity contribution in [2.45, 2.75) is 56.5 Å². The highest BCUT2D eigenvalue weighted by atomic mass is 19.2. The molecule has 1 saturated heterocycles. The number of nitriles is 1. The van der Waals surface area contributed by atoms with Crippen LogP contribution in [0, 0.1) is 28.9 Å². The van der Waals surface area contributed by atoms with Crippen LogP contribution in [0.1, 0.15) is 54.7 Å². The summed E-state index contributed by atoms with van der Waals surface area (Å²) < 4.78 is 32.0. The molecular weight excluding hydrogens is 556 g/mol. The molecule has 1 unspecified atom stereocenters. The Balaban J connectivity index is 1.14. The number of nitrogens with one attached hydrogen (secondary N) is 2. The quantitative estimate of drug-likeness (QED) is 0.434. The zero-order chi connectivity index (χ0) is 30.5. The molecule has 43 heavy (non-hydrogen) atoms. The Kier molecular flexibility index (Phi) is 9.36. The fraction of sp³-hybridized carbons (Fsp3) is 0.438. The van der Waals surface area contributed by atoms with Gasteiger partial charge in [-0.25, -0.2) is 28.1 Å². The number of methoxy groups -OCH3 is 1. The number of imide groups is 1. The molecular formula is C32H35F2N5O4. The Hall–Kier alpha value is -4.30. The average Bonchev–Trinajstić information content (AvgIpc) is 3.00. The minimum atomic E-state index is -0.996. The summed E-state index contributed by atoms with van der Waals surface area (Å²) in [5.41, 5.74) is 2.45. The normalized spacial score (nSPS) is 22.6. The molecule has 0 radical (unpaired) electrons. The van der Waals surface area contributed by atoms with Gasteiger partial charge in [0.05, 0.1) is 30.4 Å². The van der Waals surface area contributed by atoms with E-state index < -0.39 is 35.7 Å². The van der Waals surface area contributed by atoms with Crippen molar-refractivity contribution in [1.29, 1.82) is 5.26 Å². The molecule has 2 N–H and O–H groups in total. The summed E-state index contributed by atoms with van der Waals surface area (Å²) in [6.07, 6.45) is 5.71. The minimum absolute atomic E-state index is 0.0858. The lowest BCUT2D eigenvalue weighted by atomic mass is 9.78. The number of hydrogen-bond acceptors (Lipinski definition) is 6. The number of rotatable bonds is 8. The Bertz CT molecular complexity index is 1440. The molecule has 2 aliphatic heterocycles. The van der Waals surface area contributed by atoms with Gasteiger partial charge in [0.2, 0.25) is 0 Å². The molecule has 5 rings (SSSR count). The Morgan fingerprint density at radius 2 is 1.84 bits per heavy atom. The Morgan fingerprint density at radius 3 is 2.53 bits per heavy atom. The van der Waals surface area contributed by atoms with Crippen molar-refractivity contribution in [3.63, 3.8) is 0 Å². The van der Waals surface area contributed by atoms with E-state index in [0.29, 0.717) is 24.1 Å². The van der Waals surface area contributed by atoms with Crippen LogP contribution in [0.5, 0.6) is 0 Å². The monoisotopic (exact) mass is 591 g/mol. The number of hydrogen-bond donors (Lipinski definition) is 2. The van der Waals surface area contributed by atoms with Crippen LogP contribution >= 0.6 is 0 Å². The maximum atomic E-state index is 13.7. The first-order valence-electron chi connectivity index (χ1n) is 14.6. The lowest BCUT2D eigenvalue weighted by Crippen LogP contribution is -2.60. The van der Waals surface area contributed by atoms with E-state index in [-0.39, 0.29) is 24.3 Å². The number of amides is 4. The van der Waals surface area contributed by atoms with Crippen molar-refractivity contribution in [3.8, 4) is 6.07 Å². The number of aryl methyl sites for hydroxylation is 1. The van der Waals surface area contributed by atoms with Gasteiger partial charge in [0, 0.05) is 37.8 Å². The van der Waals surface area contributed by atoms with Gasteiger partial charge in [0.15, 0.2) is 11.6 Å². The van der Waals surface area contributed by atoms with Crippen molar-refractivity contribution < 1.29 is 27.9 Å². The molecule has 11 heteroatoms. The number of carbonyl (C=O) groups excluding carboxylic acids is 3. The molecule has 9 nitrogen and oxygen atoms in total. The average molecular weight is 592 g/mol. The number of likely N-dealkylation sites (tertiary alicyclic amines) is 1. The number of carbonyl (C=O) groups is 3. The lowest BCUT2D eigenvalue weighted by molar-refractivity contribution is -0.136. The van der Waals surface area contributed by atoms with E-state index in [2.05, 4.69) is 27.7 Å². The van der Waals surface area contributed by atoms with Crippen LogP contribution in [0.3, 0.4) is 0 Å². The molecule has 2 aromatic carbocycles. The minimum Gasteiger partial charge on any atom is -0.466 e. The smallest absolute Gasteiger partial charge is 0.337 e. The molecule has 2 fully saturated rings. The van der Waals surface area contributed by atoms with Crippen molar-refractivity contribution in [2.75, 3.05) is 26.7 Å². The predicted molar refractivity (Wildman–Crippen MR) is 154 cm³/mol. The first kappa shape index (κ1) is 30.2. The third-order valence-electron chi connectivity index (χ3n) is 8.83. The third kappa shape index (κ3) is 6.70. The number of esters is 1. The molecule has 1 aliphatic carbocycles. The van der Waals surface area contributed by atoms with Crippen LogP contribution in [-0.2, 0) is 16.0 Å². The van der Waals surface area contributed by atoms with Gasteiger partial charge in [0.25, 0.3) is 0 Å². The van der Waals surface area contributed by atoms with Gasteiger partial charge in [-0.3, -0.25) is 4.90 Å². The molecule has 4 amide bonds. The van der Waals surface area contributed by atoms with E-state index in [1.165, 1.54) is 19.4 Å². The summed E-state index contributed by atoms with van der Waals surface area (Å²) in [5, 5.41) is 14.7. The van der Waals surface area contributed by atoms with E-state index in [1.54, 1.807) is 0 Å². The molecule has 0 spiro atoms. The number of nitrogens with zero attached hydrogens (tertiary/aromatic N) is 3. The van der Waals surface area contributed by atoms with Crippen molar-refractivity contribution in [2.24, 2.45) is 5.92 Å². The maximum Gasteiger partial charge on any atom is 0.337 e. The second-order valence-electron chi connectivity index (χ2n) is 11.4. The molecule has 3 aliphatic rings. The van der Waals surface area contributed by atoms with Crippen LogP contribution in [0.15, 0.2) is 54.2 Å². The van der Waals surface area contributed by atoms with Crippen molar-refractivity contribution in [1.82, 2.24) is 20.4 Å². The van der Waals surface area contributed by atoms with Crippen LogP contribution in [0.4, 0.5) is 18.4 Å². The predicted octanol–water partition coefficient (Wildman–Crippen LogP) is 4.59. The van der Waals surface area contributed by atoms with Gasteiger partial charge in [0.1, 0.15) is 0 Å². The van der Waals surface area contributed by atoms with E-state index in [9.17, 15) is 28.4 Å². The molecule has 2 aromatic rings. The second-order valence-corrected chi connectivity index (χ2v) is 11.4. The van der Waals surface area contributed by atoms with E-state index in [1.807, 2.05) is 18.2 Å². The summed E-state index contributed by atoms with van der Waals surface area (Å²) in [5.74, 6) is -2.04. The molecule has 2 heterocycles. The van der Waals surface area contributed by atoms with Gasteiger partial charge in [-0.1, -0.05) is 24.3 Å². The van der Waals surface area contributed by atoms with Gasteiger partial charge < -0.3 is 15.4 Å². The molecule has 0 aromatic heterocycles. The highest BCUT2D eigenvalue weighted by Crippen LogP contribution is 2.38. The van der Waals surface area contributed by atoms with Crippen molar-refractivity contribution >= 4 is 18.0 Å². The van der Waals surface area contributed by atoms with Gasteiger partial charge in [-0.05, 0) is 73.8 Å². The molecule has 1 saturated carbocycles. The molecule has 226 valence electrons. The Labute approximate surface area is 249 Å². The third-order valence-corrected chi connectivity index (χ3v) is 8.83. The van der Waals surface area contributed by atoms with Crippen LogP contribution in [0.25, 0.3) is 0 Å². The zero-order valence-electron chi connectivity index (χ0n) is 24.0. The highest BCUT2D eigenvalue weighted by Gasteiger charge is 2.40. The molecule has 1 atom stereocenters. The lowest BCUT2D eigenvalue weighted by Gasteiger charge is -2.47. The van der Waals surface area contributed by atoms with E-state index in [0.717, 1.165) is 66.9 Å². The summed E-state index contributed by atoms with van der Waals surface area (Å²) in [6, 6.07) is 11.8. The van der Waals surface area contributed by atoms with Gasteiger partial charge in [-0.15, -0.1) is 0 Å². The maximum absolute atomic E-state index is 13.7. The van der Waals surface area contributed by atoms with Crippen LogP contribution < -0.4 is 10.6 Å². The SMILES string of the molecule is COC(=O)C1=CNC(=O)N(C(=O)NCC2CN(C3CCC(c4ccccc4C#N)CC3)C2)C1CCc1ccc(F)c(F)c1. The standard InChI is InChI=1S/C32H35F2N5O4/c1-43-30(40)26-17-37-32(42)39(29(26)13-7-20-6-12-27(33)28(34)14-20)31(41)36-16-21-18-38(19-21)24-10-8-22(9-11-24)25-5-3-2-4-23(25)15-35/h2-6,12,14,17,21-22,24,29H,7-11,13,16,18-19H2,1H3,(H,36,41)(H,37,42). The summed E-state index contributed by atoms with van der Waals surface area (Å²) in [6.45, 7) is 2.05. The summed E-state index contributed by atoms with van der Waals surface area (Å²) in [4.78, 5) is 41.9. The number of halogens is 2. The number of benzene rings is 2. The first-order chi connectivity index (χ1) is 20.8. The molecule has 0 bridgehead atoms. The second kappa shape index (κ2) is 13.3.